The van der Waals surface area contributed by atoms with E-state index in [1.54, 1.807) is 0 Å². The van der Waals surface area contributed by atoms with Gasteiger partial charge in [0.05, 0.1) is 5.41 Å². The van der Waals surface area contributed by atoms with Gasteiger partial charge in [0.25, 0.3) is 0 Å². The van der Waals surface area contributed by atoms with Crippen LogP contribution in [0, 0.1) is 5.92 Å². The van der Waals surface area contributed by atoms with E-state index in [1.165, 1.54) is 0 Å². The number of benzene rings is 2. The highest BCUT2D eigenvalue weighted by Crippen LogP contribution is 2.54. The summed E-state index contributed by atoms with van der Waals surface area (Å²) >= 11 is 0. The molecule has 1 aliphatic rings. The number of carboxylic acids is 1. The van der Waals surface area contributed by atoms with Crippen molar-refractivity contribution in [1.82, 2.24) is 5.32 Å². The first-order valence-electron chi connectivity index (χ1n) is 7.22. The van der Waals surface area contributed by atoms with Gasteiger partial charge in [0.1, 0.15) is 0 Å². The molecule has 0 aliphatic heterocycles. The van der Waals surface area contributed by atoms with Gasteiger partial charge in [-0.25, -0.2) is 0 Å². The molecule has 0 saturated heterocycles. The van der Waals surface area contributed by atoms with E-state index in [-0.39, 0.29) is 5.92 Å². The molecule has 2 aromatic carbocycles. The predicted octanol–water partition coefficient (Wildman–Crippen LogP) is 2.92. The van der Waals surface area contributed by atoms with Crippen LogP contribution in [-0.4, -0.2) is 24.7 Å². The summed E-state index contributed by atoms with van der Waals surface area (Å²) in [5.41, 5.74) is 2.48. The Hall–Kier alpha value is -2.13. The summed E-state index contributed by atoms with van der Waals surface area (Å²) in [5.74, 6) is -0.530. The van der Waals surface area contributed by atoms with E-state index in [2.05, 4.69) is 17.4 Å². The first-order valence-corrected chi connectivity index (χ1v) is 7.22. The lowest BCUT2D eigenvalue weighted by molar-refractivity contribution is -0.140. The van der Waals surface area contributed by atoms with Gasteiger partial charge in [-0.05, 0) is 42.6 Å². The smallest absolute Gasteiger partial charge is 0.314 e. The summed E-state index contributed by atoms with van der Waals surface area (Å²) in [5, 5.41) is 12.7. The molecule has 1 aliphatic carbocycles. The molecule has 1 saturated carbocycles. The summed E-state index contributed by atoms with van der Waals surface area (Å²) in [6.07, 6.45) is 0.716. The molecule has 0 unspecified atom stereocenters. The van der Waals surface area contributed by atoms with Crippen LogP contribution in [0.5, 0.6) is 0 Å². The maximum atomic E-state index is 11.7. The molecule has 3 rings (SSSR count). The summed E-state index contributed by atoms with van der Waals surface area (Å²) in [4.78, 5) is 11.7. The molecule has 1 fully saturated rings. The lowest BCUT2D eigenvalue weighted by Crippen LogP contribution is -2.26. The second kappa shape index (κ2) is 5.34. The topological polar surface area (TPSA) is 49.3 Å². The van der Waals surface area contributed by atoms with Crippen LogP contribution in [0.1, 0.15) is 12.0 Å². The number of carboxylic acid groups (broad SMARTS) is 1. The lowest BCUT2D eigenvalue weighted by Gasteiger charge is -2.14. The van der Waals surface area contributed by atoms with Crippen molar-refractivity contribution in [2.75, 3.05) is 13.6 Å². The van der Waals surface area contributed by atoms with Crippen LogP contribution in [0.3, 0.4) is 0 Å². The van der Waals surface area contributed by atoms with Gasteiger partial charge in [0.15, 0.2) is 0 Å². The SMILES string of the molecule is CNC[C@@H]1C[C@]1(C(=O)O)c1ccc(-c2ccccc2)cc1. The zero-order valence-corrected chi connectivity index (χ0v) is 12.0. The molecule has 3 nitrogen and oxygen atoms in total. The minimum absolute atomic E-state index is 0.183. The van der Waals surface area contributed by atoms with Crippen LogP contribution < -0.4 is 5.32 Å². The van der Waals surface area contributed by atoms with E-state index in [9.17, 15) is 9.90 Å². The molecular weight excluding hydrogens is 262 g/mol. The van der Waals surface area contributed by atoms with Gasteiger partial charge >= 0.3 is 5.97 Å². The van der Waals surface area contributed by atoms with Crippen molar-refractivity contribution < 1.29 is 9.90 Å². The van der Waals surface area contributed by atoms with Crippen LogP contribution in [-0.2, 0) is 10.2 Å². The highest BCUT2D eigenvalue weighted by atomic mass is 16.4. The number of carbonyl (C=O) groups is 1. The number of hydrogen-bond acceptors (Lipinski definition) is 2. The molecule has 0 amide bonds. The highest BCUT2D eigenvalue weighted by Gasteiger charge is 2.60. The van der Waals surface area contributed by atoms with Gasteiger partial charge in [-0.15, -0.1) is 0 Å². The van der Waals surface area contributed by atoms with Gasteiger partial charge in [0, 0.05) is 0 Å². The number of rotatable bonds is 5. The molecule has 0 spiro atoms. The van der Waals surface area contributed by atoms with Crippen molar-refractivity contribution in [2.24, 2.45) is 5.92 Å². The first-order chi connectivity index (χ1) is 10.2. The molecule has 0 aromatic heterocycles. The van der Waals surface area contributed by atoms with Gasteiger partial charge in [0.2, 0.25) is 0 Å². The maximum Gasteiger partial charge on any atom is 0.314 e. The maximum absolute atomic E-state index is 11.7. The highest BCUT2D eigenvalue weighted by molar-refractivity contribution is 5.86. The normalized spacial score (nSPS) is 23.8. The summed E-state index contributed by atoms with van der Waals surface area (Å²) in [7, 11) is 1.86. The number of aliphatic carboxylic acids is 1. The van der Waals surface area contributed by atoms with Gasteiger partial charge in [-0.3, -0.25) is 4.79 Å². The average Bonchev–Trinajstić information content (AvgIpc) is 3.24. The van der Waals surface area contributed by atoms with E-state index in [0.717, 1.165) is 23.2 Å². The Balaban J connectivity index is 1.89. The molecule has 21 heavy (non-hydrogen) atoms. The van der Waals surface area contributed by atoms with Crippen molar-refractivity contribution in [3.63, 3.8) is 0 Å². The van der Waals surface area contributed by atoms with Gasteiger partial charge in [-0.2, -0.15) is 0 Å². The molecule has 3 heteroatoms. The third-order valence-corrected chi connectivity index (χ3v) is 4.44. The van der Waals surface area contributed by atoms with E-state index in [1.807, 2.05) is 49.5 Å². The van der Waals surface area contributed by atoms with E-state index in [0.29, 0.717) is 6.42 Å². The molecular formula is C18H19NO2. The fourth-order valence-corrected chi connectivity index (χ4v) is 3.15. The lowest BCUT2D eigenvalue weighted by atomic mass is 9.91. The van der Waals surface area contributed by atoms with Crippen LogP contribution >= 0.6 is 0 Å². The van der Waals surface area contributed by atoms with Crippen LogP contribution in [0.4, 0.5) is 0 Å². The predicted molar refractivity (Wildman–Crippen MR) is 83.2 cm³/mol. The standard InChI is InChI=1S/C18H19NO2/c1-19-12-16-11-18(16,17(20)21)15-9-7-14(8-10-15)13-5-3-2-4-6-13/h2-10,16,19H,11-12H2,1H3,(H,20,21)/t16-,18-/m0/s1. The third kappa shape index (κ3) is 2.34. The van der Waals surface area contributed by atoms with Crippen molar-refractivity contribution in [3.8, 4) is 11.1 Å². The Morgan fingerprint density at radius 2 is 1.76 bits per heavy atom. The van der Waals surface area contributed by atoms with Crippen molar-refractivity contribution in [3.05, 3.63) is 60.2 Å². The second-order valence-electron chi connectivity index (χ2n) is 5.68. The van der Waals surface area contributed by atoms with E-state index >= 15 is 0 Å². The third-order valence-electron chi connectivity index (χ3n) is 4.44. The minimum atomic E-state index is -0.713. The average molecular weight is 281 g/mol. The monoisotopic (exact) mass is 281 g/mol. The Morgan fingerprint density at radius 1 is 1.14 bits per heavy atom. The molecule has 2 atom stereocenters. The Morgan fingerprint density at radius 3 is 2.33 bits per heavy atom. The Labute approximate surface area is 124 Å². The first kappa shape index (κ1) is 13.8. The fraction of sp³-hybridized carbons (Fsp3) is 0.278. The number of nitrogens with one attached hydrogen (secondary N) is 1. The van der Waals surface area contributed by atoms with E-state index in [4.69, 9.17) is 0 Å². The van der Waals surface area contributed by atoms with Crippen LogP contribution in [0.2, 0.25) is 0 Å². The molecule has 0 radical (unpaired) electrons. The molecule has 0 bridgehead atoms. The minimum Gasteiger partial charge on any atom is -0.481 e. The fourth-order valence-electron chi connectivity index (χ4n) is 3.15. The molecule has 108 valence electrons. The molecule has 2 aromatic rings. The zero-order chi connectivity index (χ0) is 14.9. The van der Waals surface area contributed by atoms with E-state index < -0.39 is 11.4 Å². The summed E-state index contributed by atoms with van der Waals surface area (Å²) < 4.78 is 0. The molecule has 0 heterocycles. The molecule has 2 N–H and O–H groups in total. The quantitative estimate of drug-likeness (QED) is 0.886. The summed E-state index contributed by atoms with van der Waals surface area (Å²) in [6.45, 7) is 0.743. The Kier molecular flexibility index (Phi) is 3.52. The van der Waals surface area contributed by atoms with Gasteiger partial charge < -0.3 is 10.4 Å². The largest absolute Gasteiger partial charge is 0.481 e. The second-order valence-corrected chi connectivity index (χ2v) is 5.68. The Bertz CT molecular complexity index is 636. The zero-order valence-electron chi connectivity index (χ0n) is 12.0. The summed E-state index contributed by atoms with van der Waals surface area (Å²) in [6, 6.07) is 18.1. The van der Waals surface area contributed by atoms with Crippen molar-refractivity contribution in [1.29, 1.82) is 0 Å². The van der Waals surface area contributed by atoms with Crippen LogP contribution in [0.15, 0.2) is 54.6 Å². The van der Waals surface area contributed by atoms with Crippen LogP contribution in [0.25, 0.3) is 11.1 Å². The number of hydrogen-bond donors (Lipinski definition) is 2. The van der Waals surface area contributed by atoms with Crippen molar-refractivity contribution >= 4 is 5.97 Å². The van der Waals surface area contributed by atoms with Crippen molar-refractivity contribution in [2.45, 2.75) is 11.8 Å². The van der Waals surface area contributed by atoms with Gasteiger partial charge in [-0.1, -0.05) is 54.6 Å².